The molecule has 2 aromatic carbocycles. The highest BCUT2D eigenvalue weighted by Crippen LogP contribution is 2.26. The minimum Gasteiger partial charge on any atom is -0.394 e. The van der Waals surface area contributed by atoms with E-state index in [1.54, 1.807) is 60.7 Å². The summed E-state index contributed by atoms with van der Waals surface area (Å²) in [7, 11) is 1.34. The third-order valence-electron chi connectivity index (χ3n) is 11.9. The smallest absolute Gasteiger partial charge is 0.247 e. The predicted octanol–water partition coefficient (Wildman–Crippen LogP) is -3.52. The molecule has 2 aromatic rings. The van der Waals surface area contributed by atoms with Crippen molar-refractivity contribution in [1.82, 2.24) is 36.0 Å². The number of carbonyl (C=O) groups excluding carboxylic acids is 8. The first-order valence-electron chi connectivity index (χ1n) is 23.1. The number of likely N-dealkylation sites (N-methyl/N-ethyl adjacent to an activating group) is 1. The standard InChI is InChI=1S/C46H68N14O9/c1-58(37(25-30-14-6-3-7-15-30)41(66)55-31(27-61)16-8-20-52-45(48)49)43(68)34(28-62)57-39(64)33(24-29-12-4-2-5-13-29)56-38(63)26-54-40(65)35-18-10-22-59(35)44(69)36-19-11-23-60(36)42(67)32(47)17-9-21-53-46(50)51/h2-7,12-15,27,31-37,62H,8-11,16-26,28,47H2,1H3,(H,54,65)(H,55,66)(H,56,63)(H,57,64)(H4,48,49,52)(H4,50,51,53)/t31-,32-,33-,34-,35-,36-,37+/m0/s1. The number of aliphatic hydroxyl groups is 1. The molecule has 0 radical (unpaired) electrons. The van der Waals surface area contributed by atoms with Gasteiger partial charge < -0.3 is 74.5 Å². The molecule has 0 saturated carbocycles. The lowest BCUT2D eigenvalue weighted by Gasteiger charge is -2.32. The summed E-state index contributed by atoms with van der Waals surface area (Å²) in [5.74, 6) is -4.65. The Bertz CT molecular complexity index is 2120. The number of carbonyl (C=O) groups is 8. The Hall–Kier alpha value is -7.14. The van der Waals surface area contributed by atoms with Gasteiger partial charge in [-0.15, -0.1) is 0 Å². The van der Waals surface area contributed by atoms with Crippen LogP contribution in [-0.4, -0.2) is 168 Å². The second kappa shape index (κ2) is 27.6. The summed E-state index contributed by atoms with van der Waals surface area (Å²) in [6.45, 7) is -0.324. The summed E-state index contributed by atoms with van der Waals surface area (Å²) in [4.78, 5) is 120. The zero-order valence-corrected chi connectivity index (χ0v) is 39.0. The highest BCUT2D eigenvalue weighted by Gasteiger charge is 2.43. The van der Waals surface area contributed by atoms with E-state index in [0.29, 0.717) is 75.4 Å². The fourth-order valence-corrected chi connectivity index (χ4v) is 8.30. The van der Waals surface area contributed by atoms with Gasteiger partial charge in [-0.3, -0.25) is 43.5 Å². The number of rotatable bonds is 26. The van der Waals surface area contributed by atoms with Crippen molar-refractivity contribution in [2.45, 2.75) is 107 Å². The third-order valence-corrected chi connectivity index (χ3v) is 11.9. The van der Waals surface area contributed by atoms with Crippen molar-refractivity contribution in [3.8, 4) is 0 Å². The van der Waals surface area contributed by atoms with E-state index in [1.165, 1.54) is 16.8 Å². The SMILES string of the molecule is CN(C(=O)[C@H](CO)NC(=O)[C@H](Cc1ccccc1)NC(=O)CNC(=O)[C@@H]1CCCN1C(=O)[C@@H]1CCCN1C(=O)[C@@H](N)CCCN=C(N)N)[C@H](Cc1ccccc1)C(=O)N[C@H](C=O)CCCN=C(N)N. The summed E-state index contributed by atoms with van der Waals surface area (Å²) in [5.41, 5.74) is 29.0. The minimum absolute atomic E-state index is 0.0167. The van der Waals surface area contributed by atoms with Crippen LogP contribution in [0, 0.1) is 0 Å². The van der Waals surface area contributed by atoms with Crippen molar-refractivity contribution in [3.63, 3.8) is 0 Å². The number of hydrogen-bond acceptors (Lipinski definition) is 12. The van der Waals surface area contributed by atoms with Crippen molar-refractivity contribution in [2.24, 2.45) is 38.7 Å². The van der Waals surface area contributed by atoms with E-state index < -0.39 is 85.0 Å². The van der Waals surface area contributed by atoms with Crippen LogP contribution in [0.15, 0.2) is 70.6 Å². The number of nitrogens with one attached hydrogen (secondary N) is 4. The average molecular weight is 961 g/mol. The molecule has 23 nitrogen and oxygen atoms in total. The molecular formula is C46H68N14O9. The minimum atomic E-state index is -1.58. The van der Waals surface area contributed by atoms with Crippen LogP contribution >= 0.6 is 0 Å². The Morgan fingerprint density at radius 1 is 0.754 bits per heavy atom. The average Bonchev–Trinajstić information content (AvgIpc) is 4.05. The monoisotopic (exact) mass is 961 g/mol. The van der Waals surface area contributed by atoms with Gasteiger partial charge in [-0.1, -0.05) is 60.7 Å². The molecule has 2 heterocycles. The van der Waals surface area contributed by atoms with Crippen molar-refractivity contribution in [3.05, 3.63) is 71.8 Å². The summed E-state index contributed by atoms with van der Waals surface area (Å²) in [6, 6.07) is 9.90. The number of hydrogen-bond donors (Lipinski definition) is 10. The van der Waals surface area contributed by atoms with Gasteiger partial charge in [0.15, 0.2) is 11.9 Å². The lowest BCUT2D eigenvalue weighted by molar-refractivity contribution is -0.147. The number of amides is 7. The molecule has 2 aliphatic rings. The first-order valence-corrected chi connectivity index (χ1v) is 23.1. The maximum absolute atomic E-state index is 14.1. The van der Waals surface area contributed by atoms with Crippen LogP contribution < -0.4 is 49.9 Å². The number of aldehydes is 1. The van der Waals surface area contributed by atoms with Gasteiger partial charge in [0.2, 0.25) is 41.4 Å². The zero-order valence-electron chi connectivity index (χ0n) is 39.0. The number of aliphatic imine (C=N–C) groups is 2. The van der Waals surface area contributed by atoms with Gasteiger partial charge in [0, 0.05) is 46.1 Å². The summed E-state index contributed by atoms with van der Waals surface area (Å²) < 4.78 is 0. The quantitative estimate of drug-likeness (QED) is 0.0189. The van der Waals surface area contributed by atoms with Crippen LogP contribution in [0.3, 0.4) is 0 Å². The molecule has 7 amide bonds. The first kappa shape index (κ1) is 54.5. The van der Waals surface area contributed by atoms with E-state index in [9.17, 15) is 43.5 Å². The van der Waals surface area contributed by atoms with Crippen LogP contribution in [0.4, 0.5) is 0 Å². The van der Waals surface area contributed by atoms with Crippen LogP contribution in [0.1, 0.15) is 62.5 Å². The Labute approximate surface area is 401 Å². The molecule has 23 heteroatoms. The molecule has 0 aromatic heterocycles. The summed E-state index contributed by atoms with van der Waals surface area (Å²) in [5, 5.41) is 20.9. The second-order valence-electron chi connectivity index (χ2n) is 17.1. The van der Waals surface area contributed by atoms with Gasteiger partial charge in [0.05, 0.1) is 25.2 Å². The molecule has 0 spiro atoms. The van der Waals surface area contributed by atoms with Gasteiger partial charge in [-0.05, 0) is 62.5 Å². The van der Waals surface area contributed by atoms with Crippen LogP contribution in [0.5, 0.6) is 0 Å². The topological polar surface area (TPSA) is 369 Å². The molecule has 376 valence electrons. The molecule has 4 rings (SSSR count). The second-order valence-corrected chi connectivity index (χ2v) is 17.1. The number of nitrogens with two attached hydrogens (primary N) is 5. The van der Waals surface area contributed by atoms with Gasteiger partial charge in [-0.25, -0.2) is 0 Å². The molecule has 15 N–H and O–H groups in total. The zero-order chi connectivity index (χ0) is 50.5. The van der Waals surface area contributed by atoms with Crippen molar-refractivity contribution in [2.75, 3.05) is 46.4 Å². The molecule has 2 saturated heterocycles. The molecule has 69 heavy (non-hydrogen) atoms. The Balaban J connectivity index is 1.41. The Kier molecular flexibility index (Phi) is 21.8. The van der Waals surface area contributed by atoms with E-state index in [2.05, 4.69) is 31.3 Å². The number of nitrogens with zero attached hydrogens (tertiary/aromatic N) is 5. The number of benzene rings is 2. The van der Waals surface area contributed by atoms with E-state index in [-0.39, 0.29) is 56.1 Å². The Morgan fingerprint density at radius 3 is 1.90 bits per heavy atom. The van der Waals surface area contributed by atoms with Crippen LogP contribution in [-0.2, 0) is 51.2 Å². The molecule has 0 aliphatic carbocycles. The maximum atomic E-state index is 14.1. The molecule has 0 unspecified atom stereocenters. The summed E-state index contributed by atoms with van der Waals surface area (Å²) >= 11 is 0. The maximum Gasteiger partial charge on any atom is 0.247 e. The first-order chi connectivity index (χ1) is 33.0. The van der Waals surface area contributed by atoms with Gasteiger partial charge in [-0.2, -0.15) is 0 Å². The van der Waals surface area contributed by atoms with Crippen molar-refractivity contribution in [1.29, 1.82) is 0 Å². The van der Waals surface area contributed by atoms with Crippen LogP contribution in [0.25, 0.3) is 0 Å². The van der Waals surface area contributed by atoms with Crippen molar-refractivity contribution >= 4 is 59.6 Å². The number of likely N-dealkylation sites (tertiary alicyclic amines) is 2. The van der Waals surface area contributed by atoms with E-state index in [0.717, 1.165) is 4.90 Å². The summed E-state index contributed by atoms with van der Waals surface area (Å²) in [6.07, 6.45) is 3.70. The Morgan fingerprint density at radius 2 is 1.32 bits per heavy atom. The lowest BCUT2D eigenvalue weighted by atomic mass is 10.0. The van der Waals surface area contributed by atoms with Crippen molar-refractivity contribution < 1.29 is 43.5 Å². The van der Waals surface area contributed by atoms with Gasteiger partial charge >= 0.3 is 0 Å². The van der Waals surface area contributed by atoms with E-state index >= 15 is 0 Å². The fraction of sp³-hybridized carbons (Fsp3) is 0.522. The molecule has 2 fully saturated rings. The molecular weight excluding hydrogens is 893 g/mol. The third kappa shape index (κ3) is 16.9. The normalized spacial score (nSPS) is 17.5. The number of guanidine groups is 2. The highest BCUT2D eigenvalue weighted by molar-refractivity contribution is 5.97. The number of aliphatic hydroxyl groups excluding tert-OH is 1. The lowest BCUT2D eigenvalue weighted by Crippen LogP contribution is -2.60. The molecule has 7 atom stereocenters. The molecule has 2 aliphatic heterocycles. The van der Waals surface area contributed by atoms with Crippen LogP contribution in [0.2, 0.25) is 0 Å². The van der Waals surface area contributed by atoms with Gasteiger partial charge in [0.25, 0.3) is 0 Å². The van der Waals surface area contributed by atoms with E-state index in [1.807, 2.05) is 0 Å². The largest absolute Gasteiger partial charge is 0.394 e. The van der Waals surface area contributed by atoms with Gasteiger partial charge in [0.1, 0.15) is 36.5 Å². The molecule has 0 bridgehead atoms. The highest BCUT2D eigenvalue weighted by atomic mass is 16.3. The predicted molar refractivity (Wildman–Crippen MR) is 256 cm³/mol. The van der Waals surface area contributed by atoms with E-state index in [4.69, 9.17) is 28.7 Å². The fourth-order valence-electron chi connectivity index (χ4n) is 8.30.